The molecule has 5 nitrogen and oxygen atoms in total. The van der Waals surface area contributed by atoms with E-state index in [1.54, 1.807) is 12.4 Å². The van der Waals surface area contributed by atoms with E-state index in [0.29, 0.717) is 17.5 Å². The molecular formula is C43H27N5. The van der Waals surface area contributed by atoms with Crippen molar-refractivity contribution in [3.63, 3.8) is 0 Å². The van der Waals surface area contributed by atoms with E-state index in [2.05, 4.69) is 94.9 Å². The van der Waals surface area contributed by atoms with E-state index in [0.717, 1.165) is 50.0 Å². The zero-order chi connectivity index (χ0) is 31.9. The highest BCUT2D eigenvalue weighted by atomic mass is 15.0. The molecule has 2 aromatic heterocycles. The fourth-order valence-electron chi connectivity index (χ4n) is 6.45. The summed E-state index contributed by atoms with van der Waals surface area (Å²) < 4.78 is 0. The van der Waals surface area contributed by atoms with Gasteiger partial charge in [0.15, 0.2) is 17.5 Å². The summed E-state index contributed by atoms with van der Waals surface area (Å²) >= 11 is 0. The van der Waals surface area contributed by atoms with Gasteiger partial charge < -0.3 is 0 Å². The molecule has 0 aliphatic heterocycles. The molecule has 0 amide bonds. The van der Waals surface area contributed by atoms with E-state index in [1.165, 1.54) is 21.5 Å². The molecule has 224 valence electrons. The predicted octanol–water partition coefficient (Wildman–Crippen LogP) is 10.5. The maximum absolute atomic E-state index is 5.09. The number of rotatable bonds is 5. The second kappa shape index (κ2) is 11.6. The maximum atomic E-state index is 5.09. The third-order valence-corrected chi connectivity index (χ3v) is 8.77. The maximum Gasteiger partial charge on any atom is 0.164 e. The highest BCUT2D eigenvalue weighted by Crippen LogP contribution is 2.39. The van der Waals surface area contributed by atoms with Crippen LogP contribution >= 0.6 is 0 Å². The van der Waals surface area contributed by atoms with Crippen LogP contribution in [-0.4, -0.2) is 24.9 Å². The summed E-state index contributed by atoms with van der Waals surface area (Å²) in [6, 6.07) is 52.5. The van der Waals surface area contributed by atoms with Crippen LogP contribution in [0.3, 0.4) is 0 Å². The van der Waals surface area contributed by atoms with Crippen molar-refractivity contribution in [1.29, 1.82) is 0 Å². The molecule has 0 unspecified atom stereocenters. The van der Waals surface area contributed by atoms with Gasteiger partial charge in [0.25, 0.3) is 0 Å². The molecule has 0 fully saturated rings. The minimum Gasteiger partial charge on any atom is -0.253 e. The average molecular weight is 614 g/mol. The van der Waals surface area contributed by atoms with E-state index in [1.807, 2.05) is 66.7 Å². The van der Waals surface area contributed by atoms with Gasteiger partial charge in [-0.15, -0.1) is 0 Å². The second-order valence-electron chi connectivity index (χ2n) is 11.8. The lowest BCUT2D eigenvalue weighted by Crippen LogP contribution is -2.00. The first-order valence-corrected chi connectivity index (χ1v) is 15.9. The number of benzene rings is 7. The summed E-state index contributed by atoms with van der Waals surface area (Å²) in [5, 5.41) is 4.83. The normalized spacial score (nSPS) is 11.3. The van der Waals surface area contributed by atoms with Crippen LogP contribution in [0.15, 0.2) is 164 Å². The number of aromatic nitrogens is 5. The Hall–Kier alpha value is -6.59. The van der Waals surface area contributed by atoms with Crippen molar-refractivity contribution in [3.05, 3.63) is 164 Å². The lowest BCUT2D eigenvalue weighted by atomic mass is 9.90. The van der Waals surface area contributed by atoms with Gasteiger partial charge in [-0.2, -0.15) is 0 Å². The summed E-state index contributed by atoms with van der Waals surface area (Å²) in [7, 11) is 0. The van der Waals surface area contributed by atoms with Gasteiger partial charge in [-0.1, -0.05) is 115 Å². The van der Waals surface area contributed by atoms with Gasteiger partial charge in [0.2, 0.25) is 0 Å². The van der Waals surface area contributed by atoms with Crippen LogP contribution in [0.4, 0.5) is 0 Å². The first-order valence-electron chi connectivity index (χ1n) is 15.9. The summed E-state index contributed by atoms with van der Waals surface area (Å²) in [6.45, 7) is 0. The van der Waals surface area contributed by atoms with E-state index in [-0.39, 0.29) is 0 Å². The van der Waals surface area contributed by atoms with Crippen LogP contribution in [0.1, 0.15) is 0 Å². The van der Waals surface area contributed by atoms with Crippen molar-refractivity contribution in [1.82, 2.24) is 24.9 Å². The Bertz CT molecular complexity index is 2560. The van der Waals surface area contributed by atoms with Gasteiger partial charge in [0.1, 0.15) is 0 Å². The van der Waals surface area contributed by atoms with Crippen LogP contribution in [-0.2, 0) is 0 Å². The fourth-order valence-corrected chi connectivity index (χ4v) is 6.45. The molecule has 0 spiro atoms. The van der Waals surface area contributed by atoms with Crippen molar-refractivity contribution in [3.8, 4) is 56.4 Å². The van der Waals surface area contributed by atoms with Crippen molar-refractivity contribution >= 4 is 32.6 Å². The summed E-state index contributed by atoms with van der Waals surface area (Å²) in [5.41, 5.74) is 8.77. The zero-order valence-electron chi connectivity index (χ0n) is 25.8. The molecule has 0 N–H and O–H groups in total. The van der Waals surface area contributed by atoms with Crippen LogP contribution in [0.25, 0.3) is 89.0 Å². The molecular weight excluding hydrogens is 587 g/mol. The average Bonchev–Trinajstić information content (AvgIpc) is 3.17. The fraction of sp³-hybridized carbons (Fsp3) is 0. The van der Waals surface area contributed by atoms with Crippen LogP contribution in [0, 0.1) is 0 Å². The number of hydrogen-bond acceptors (Lipinski definition) is 5. The van der Waals surface area contributed by atoms with E-state index < -0.39 is 0 Å². The highest BCUT2D eigenvalue weighted by molar-refractivity contribution is 6.14. The number of nitrogens with zero attached hydrogens (tertiary/aromatic N) is 5. The molecule has 0 aliphatic rings. The molecule has 0 saturated carbocycles. The molecule has 7 aromatic carbocycles. The summed E-state index contributed by atoms with van der Waals surface area (Å²) in [6.07, 6.45) is 3.46. The summed E-state index contributed by atoms with van der Waals surface area (Å²) in [5.74, 6) is 1.86. The molecule has 9 aromatic rings. The largest absolute Gasteiger partial charge is 0.253 e. The van der Waals surface area contributed by atoms with Crippen molar-refractivity contribution in [2.75, 3.05) is 0 Å². The first kappa shape index (κ1) is 27.7. The van der Waals surface area contributed by atoms with Crippen LogP contribution < -0.4 is 0 Å². The molecule has 0 atom stereocenters. The van der Waals surface area contributed by atoms with Crippen LogP contribution in [0.2, 0.25) is 0 Å². The topological polar surface area (TPSA) is 64.5 Å². The standard InChI is InChI=1S/C43H27N5/c1-3-11-28(12-4-1)41-46-42(29-13-5-2-6-14-29)48-43(47-41)34-24-32(30-19-20-39-40(27-30)45-22-21-44-39)23-33(25-34)38-26-31-15-7-8-16-35(31)36-17-9-10-18-37(36)38/h1-27H. The second-order valence-corrected chi connectivity index (χ2v) is 11.8. The van der Waals surface area contributed by atoms with Gasteiger partial charge in [-0.25, -0.2) is 15.0 Å². The molecule has 2 heterocycles. The Labute approximate surface area is 277 Å². The first-order chi connectivity index (χ1) is 23.8. The SMILES string of the molecule is c1ccc(-c2nc(-c3ccccc3)nc(-c3cc(-c4ccc5nccnc5c4)cc(-c4cc5ccccc5c5ccccc45)c3)n2)cc1. The lowest BCUT2D eigenvalue weighted by molar-refractivity contribution is 1.07. The van der Waals surface area contributed by atoms with Gasteiger partial charge in [-0.05, 0) is 80.2 Å². The number of hydrogen-bond donors (Lipinski definition) is 0. The van der Waals surface area contributed by atoms with Gasteiger partial charge in [0, 0.05) is 29.1 Å². The molecule has 0 saturated heterocycles. The molecule has 0 aliphatic carbocycles. The molecule has 0 radical (unpaired) electrons. The monoisotopic (exact) mass is 613 g/mol. The van der Waals surface area contributed by atoms with Crippen molar-refractivity contribution < 1.29 is 0 Å². The predicted molar refractivity (Wildman–Crippen MR) is 195 cm³/mol. The Morgan fingerprint density at radius 1 is 0.312 bits per heavy atom. The van der Waals surface area contributed by atoms with Crippen molar-refractivity contribution in [2.24, 2.45) is 0 Å². The Morgan fingerprint density at radius 3 is 1.56 bits per heavy atom. The van der Waals surface area contributed by atoms with E-state index in [9.17, 15) is 0 Å². The molecule has 48 heavy (non-hydrogen) atoms. The molecule has 5 heteroatoms. The highest BCUT2D eigenvalue weighted by Gasteiger charge is 2.16. The van der Waals surface area contributed by atoms with Crippen LogP contribution in [0.5, 0.6) is 0 Å². The molecule has 0 bridgehead atoms. The van der Waals surface area contributed by atoms with E-state index in [4.69, 9.17) is 15.0 Å². The minimum absolute atomic E-state index is 0.608. The smallest absolute Gasteiger partial charge is 0.164 e. The lowest BCUT2D eigenvalue weighted by Gasteiger charge is -2.15. The number of fused-ring (bicyclic) bond motifs is 4. The zero-order valence-corrected chi connectivity index (χ0v) is 25.8. The van der Waals surface area contributed by atoms with E-state index >= 15 is 0 Å². The van der Waals surface area contributed by atoms with Gasteiger partial charge >= 0.3 is 0 Å². The van der Waals surface area contributed by atoms with Gasteiger partial charge in [-0.3, -0.25) is 9.97 Å². The van der Waals surface area contributed by atoms with Crippen molar-refractivity contribution in [2.45, 2.75) is 0 Å². The Kier molecular flexibility index (Phi) is 6.72. The minimum atomic E-state index is 0.608. The molecule has 9 rings (SSSR count). The Balaban J connectivity index is 1.33. The third-order valence-electron chi connectivity index (χ3n) is 8.77. The summed E-state index contributed by atoms with van der Waals surface area (Å²) in [4.78, 5) is 24.2. The Morgan fingerprint density at radius 2 is 0.854 bits per heavy atom. The van der Waals surface area contributed by atoms with Gasteiger partial charge in [0.05, 0.1) is 11.0 Å². The third kappa shape index (κ3) is 5.04. The quantitative estimate of drug-likeness (QED) is 0.181.